The first-order valence-electron chi connectivity index (χ1n) is 3.28. The summed E-state index contributed by atoms with van der Waals surface area (Å²) in [4.78, 5) is 0. The molecule has 1 nitrogen and oxygen atoms in total. The van der Waals surface area contributed by atoms with E-state index < -0.39 is 11.7 Å². The lowest BCUT2D eigenvalue weighted by molar-refractivity contribution is -0.138. The molecule has 13 heavy (non-hydrogen) atoms. The number of benzene rings is 1. The topological polar surface area (TPSA) is 20.2 Å². The Morgan fingerprint density at radius 3 is 2.15 bits per heavy atom. The Bertz CT molecular complexity index is 291. The van der Waals surface area contributed by atoms with Gasteiger partial charge < -0.3 is 5.11 Å². The Labute approximate surface area is 74.8 Å². The van der Waals surface area contributed by atoms with E-state index in [9.17, 15) is 13.2 Å². The lowest BCUT2D eigenvalue weighted by Crippen LogP contribution is -2.06. The van der Waals surface area contributed by atoms with Gasteiger partial charge in [-0.15, -0.1) is 0 Å². The maximum atomic E-state index is 12.1. The lowest BCUT2D eigenvalue weighted by atomic mass is 10.1. The summed E-state index contributed by atoms with van der Waals surface area (Å²) in [6.07, 6.45) is -4.34. The fourth-order valence-corrected chi connectivity index (χ4v) is 0.966. The number of phenolic OH excluding ortho intramolecular Hbond substituents is 1. The Morgan fingerprint density at radius 2 is 1.77 bits per heavy atom. The smallest absolute Gasteiger partial charge is 0.416 e. The minimum Gasteiger partial charge on any atom is -0.508 e. The van der Waals surface area contributed by atoms with Gasteiger partial charge in [-0.2, -0.15) is 13.2 Å². The zero-order valence-electron chi connectivity index (χ0n) is 6.31. The van der Waals surface area contributed by atoms with E-state index in [2.05, 4.69) is 0 Å². The number of hydrogen-bond donors (Lipinski definition) is 1. The van der Waals surface area contributed by atoms with Gasteiger partial charge in [0, 0.05) is 0 Å². The highest BCUT2D eigenvalue weighted by atomic mass is 19.4. The molecule has 0 spiro atoms. The number of aryl methyl sites for hydroxylation is 1. The summed E-state index contributed by atoms with van der Waals surface area (Å²) in [7, 11) is 0. The van der Waals surface area contributed by atoms with Gasteiger partial charge in [-0.25, -0.2) is 0 Å². The Balaban J connectivity index is 0.00000144. The van der Waals surface area contributed by atoms with Gasteiger partial charge in [-0.05, 0) is 30.7 Å². The van der Waals surface area contributed by atoms with Gasteiger partial charge in [-0.3, -0.25) is 0 Å². The summed E-state index contributed by atoms with van der Waals surface area (Å²) in [5.41, 5.74) is -0.678. The van der Waals surface area contributed by atoms with Gasteiger partial charge in [0.05, 0.1) is 5.56 Å². The molecule has 0 saturated carbocycles. The maximum absolute atomic E-state index is 12.1. The molecule has 0 fully saturated rings. The van der Waals surface area contributed by atoms with Crippen molar-refractivity contribution in [2.24, 2.45) is 0 Å². The first-order chi connectivity index (χ1) is 5.41. The summed E-state index contributed by atoms with van der Waals surface area (Å²) in [5, 5.41) is 8.84. The van der Waals surface area contributed by atoms with Crippen LogP contribution >= 0.6 is 0 Å². The molecule has 4 heteroatoms. The fraction of sp³-hybridized carbons (Fsp3) is 0.333. The zero-order valence-corrected chi connectivity index (χ0v) is 6.31. The Hall–Kier alpha value is -1.19. The van der Waals surface area contributed by atoms with Crippen molar-refractivity contribution in [2.45, 2.75) is 20.5 Å². The molecule has 0 atom stereocenters. The predicted molar refractivity (Wildman–Crippen MR) is 44.6 cm³/mol. The quantitative estimate of drug-likeness (QED) is 0.668. The van der Waals surface area contributed by atoms with E-state index in [0.717, 1.165) is 18.2 Å². The number of hydrogen-bond acceptors (Lipinski definition) is 1. The molecule has 74 valence electrons. The van der Waals surface area contributed by atoms with Crippen molar-refractivity contribution >= 4 is 0 Å². The summed E-state index contributed by atoms with van der Waals surface area (Å²) >= 11 is 0. The van der Waals surface area contributed by atoms with Gasteiger partial charge in [0.15, 0.2) is 0 Å². The van der Waals surface area contributed by atoms with Gasteiger partial charge >= 0.3 is 6.18 Å². The van der Waals surface area contributed by atoms with Crippen molar-refractivity contribution in [1.29, 1.82) is 0 Å². The summed E-state index contributed by atoms with van der Waals surface area (Å²) in [5.74, 6) is -0.152. The molecule has 1 aromatic carbocycles. The maximum Gasteiger partial charge on any atom is 0.416 e. The van der Waals surface area contributed by atoms with Gasteiger partial charge in [0.1, 0.15) is 5.75 Å². The number of phenols is 1. The second-order valence-corrected chi connectivity index (χ2v) is 2.50. The van der Waals surface area contributed by atoms with Crippen molar-refractivity contribution in [3.63, 3.8) is 0 Å². The van der Waals surface area contributed by atoms with E-state index in [1.165, 1.54) is 6.92 Å². The monoisotopic (exact) mass is 192 g/mol. The average Bonchev–Trinajstić information content (AvgIpc) is 1.83. The third-order valence-electron chi connectivity index (χ3n) is 1.52. The van der Waals surface area contributed by atoms with Crippen LogP contribution in [0.2, 0.25) is 0 Å². The zero-order chi connectivity index (χ0) is 9.35. The molecule has 0 bridgehead atoms. The molecular weight excluding hydrogens is 181 g/mol. The highest BCUT2D eigenvalue weighted by molar-refractivity contribution is 5.35. The molecule has 0 amide bonds. The molecule has 0 unspecified atom stereocenters. The van der Waals surface area contributed by atoms with E-state index in [1.807, 2.05) is 0 Å². The summed E-state index contributed by atoms with van der Waals surface area (Å²) in [6.45, 7) is 1.31. The second kappa shape index (κ2) is 3.68. The van der Waals surface area contributed by atoms with Crippen LogP contribution in [0.5, 0.6) is 5.75 Å². The largest absolute Gasteiger partial charge is 0.508 e. The van der Waals surface area contributed by atoms with Crippen molar-refractivity contribution in [1.82, 2.24) is 0 Å². The number of halogens is 3. The van der Waals surface area contributed by atoms with Crippen LogP contribution in [0.1, 0.15) is 18.6 Å². The molecule has 1 N–H and O–H groups in total. The molecule has 0 aliphatic rings. The van der Waals surface area contributed by atoms with E-state index in [1.54, 1.807) is 0 Å². The first kappa shape index (κ1) is 11.8. The molecule has 0 radical (unpaired) electrons. The number of alkyl halides is 3. The average molecular weight is 192 g/mol. The second-order valence-electron chi connectivity index (χ2n) is 2.50. The van der Waals surface area contributed by atoms with Crippen LogP contribution in [0.3, 0.4) is 0 Å². The molecule has 0 aromatic heterocycles. The normalized spacial score (nSPS) is 10.8. The molecule has 1 rings (SSSR count). The van der Waals surface area contributed by atoms with Gasteiger partial charge in [0.2, 0.25) is 0 Å². The van der Waals surface area contributed by atoms with E-state index in [-0.39, 0.29) is 18.7 Å². The minimum absolute atomic E-state index is 0. The van der Waals surface area contributed by atoms with Crippen LogP contribution in [0, 0.1) is 6.92 Å². The lowest BCUT2D eigenvalue weighted by Gasteiger charge is -2.09. The number of aromatic hydroxyl groups is 1. The fourth-order valence-electron chi connectivity index (χ4n) is 0.966. The number of rotatable bonds is 0. The molecule has 0 aliphatic carbocycles. The van der Waals surface area contributed by atoms with Crippen molar-refractivity contribution in [2.75, 3.05) is 0 Å². The van der Waals surface area contributed by atoms with Gasteiger partial charge in [-0.1, -0.05) is 7.43 Å². The molecular formula is C9H11F3O. The van der Waals surface area contributed by atoms with Crippen LogP contribution in [0.4, 0.5) is 13.2 Å². The van der Waals surface area contributed by atoms with Crippen molar-refractivity contribution in [3.8, 4) is 5.75 Å². The Kier molecular flexibility index (Phi) is 3.34. The molecule has 0 aliphatic heterocycles. The van der Waals surface area contributed by atoms with Crippen LogP contribution < -0.4 is 0 Å². The Morgan fingerprint density at radius 1 is 1.23 bits per heavy atom. The van der Waals surface area contributed by atoms with E-state index in [4.69, 9.17) is 5.11 Å². The van der Waals surface area contributed by atoms with Crippen LogP contribution in [-0.4, -0.2) is 5.11 Å². The molecule has 0 heterocycles. The van der Waals surface area contributed by atoms with E-state index in [0.29, 0.717) is 0 Å². The highest BCUT2D eigenvalue weighted by Gasteiger charge is 2.31. The van der Waals surface area contributed by atoms with Crippen LogP contribution in [-0.2, 0) is 6.18 Å². The third kappa shape index (κ3) is 2.65. The highest BCUT2D eigenvalue weighted by Crippen LogP contribution is 2.32. The summed E-state index contributed by atoms with van der Waals surface area (Å²) < 4.78 is 36.3. The van der Waals surface area contributed by atoms with Crippen molar-refractivity contribution < 1.29 is 18.3 Å². The predicted octanol–water partition coefficient (Wildman–Crippen LogP) is 3.36. The van der Waals surface area contributed by atoms with Crippen LogP contribution in [0.25, 0.3) is 0 Å². The summed E-state index contributed by atoms with van der Waals surface area (Å²) in [6, 6.07) is 2.98. The molecule has 0 saturated heterocycles. The van der Waals surface area contributed by atoms with Crippen molar-refractivity contribution in [3.05, 3.63) is 29.3 Å². The molecule has 1 aromatic rings. The van der Waals surface area contributed by atoms with E-state index >= 15 is 0 Å². The minimum atomic E-state index is -4.34. The first-order valence-corrected chi connectivity index (χ1v) is 3.28. The van der Waals surface area contributed by atoms with Crippen LogP contribution in [0.15, 0.2) is 18.2 Å². The SMILES string of the molecule is C.Cc1cc(O)ccc1C(F)(F)F. The van der Waals surface area contributed by atoms with Gasteiger partial charge in [0.25, 0.3) is 0 Å². The third-order valence-corrected chi connectivity index (χ3v) is 1.52. The standard InChI is InChI=1S/C8H7F3O.CH4/c1-5-4-6(12)2-3-7(5)8(9,10)11;/h2-4,12H,1H3;1H4.